The second-order valence-corrected chi connectivity index (χ2v) is 2.52. The zero-order chi connectivity index (χ0) is 7.52. The average molecular weight is 153 g/mol. The highest BCUT2D eigenvalue weighted by atomic mass is 16.6. The Bertz CT molecular complexity index is 186. The van der Waals surface area contributed by atoms with E-state index in [0.29, 0.717) is 13.2 Å². The molecular formula is C8H11NO2. The maximum absolute atomic E-state index is 5.39. The molecule has 0 aromatic heterocycles. The van der Waals surface area contributed by atoms with Crippen LogP contribution < -0.4 is 5.32 Å². The van der Waals surface area contributed by atoms with Crippen LogP contribution >= 0.6 is 0 Å². The Morgan fingerprint density at radius 1 is 1.18 bits per heavy atom. The molecule has 3 nitrogen and oxygen atoms in total. The van der Waals surface area contributed by atoms with Crippen LogP contribution in [-0.4, -0.2) is 19.8 Å². The van der Waals surface area contributed by atoms with Crippen molar-refractivity contribution in [1.29, 1.82) is 0 Å². The van der Waals surface area contributed by atoms with Gasteiger partial charge >= 0.3 is 0 Å². The molecule has 0 aromatic rings. The van der Waals surface area contributed by atoms with E-state index in [1.807, 2.05) is 6.20 Å². The van der Waals surface area contributed by atoms with Crippen molar-refractivity contribution in [3.05, 3.63) is 23.8 Å². The van der Waals surface area contributed by atoms with Crippen molar-refractivity contribution in [2.24, 2.45) is 0 Å². The molecule has 0 bridgehead atoms. The lowest BCUT2D eigenvalue weighted by Gasteiger charge is -2.19. The first-order chi connectivity index (χ1) is 5.47. The van der Waals surface area contributed by atoms with Gasteiger partial charge in [-0.2, -0.15) is 0 Å². The molecule has 0 unspecified atom stereocenters. The number of hydrogen-bond acceptors (Lipinski definition) is 3. The summed E-state index contributed by atoms with van der Waals surface area (Å²) in [6, 6.07) is 0. The molecule has 2 aliphatic heterocycles. The summed E-state index contributed by atoms with van der Waals surface area (Å²) >= 11 is 0. The molecule has 3 heteroatoms. The van der Waals surface area contributed by atoms with E-state index in [4.69, 9.17) is 9.47 Å². The Balaban J connectivity index is 2.19. The lowest BCUT2D eigenvalue weighted by Crippen LogP contribution is -2.15. The average Bonchev–Trinajstić information content (AvgIpc) is 2.28. The molecule has 2 aliphatic rings. The Morgan fingerprint density at radius 3 is 2.91 bits per heavy atom. The van der Waals surface area contributed by atoms with Gasteiger partial charge in [0.15, 0.2) is 11.5 Å². The van der Waals surface area contributed by atoms with Gasteiger partial charge in [-0.15, -0.1) is 0 Å². The molecular weight excluding hydrogens is 142 g/mol. The minimum Gasteiger partial charge on any atom is -0.486 e. The number of hydrogen-bond donors (Lipinski definition) is 1. The molecule has 60 valence electrons. The number of fused-ring (bicyclic) bond motifs is 1. The fourth-order valence-corrected chi connectivity index (χ4v) is 1.17. The first-order valence-electron chi connectivity index (χ1n) is 3.86. The van der Waals surface area contributed by atoms with Crippen LogP contribution in [0.5, 0.6) is 0 Å². The van der Waals surface area contributed by atoms with Crippen LogP contribution in [-0.2, 0) is 9.47 Å². The van der Waals surface area contributed by atoms with E-state index in [1.165, 1.54) is 0 Å². The Hall–Kier alpha value is -1.12. The predicted molar refractivity (Wildman–Crippen MR) is 40.7 cm³/mol. The first-order valence-corrected chi connectivity index (χ1v) is 3.86. The fourth-order valence-electron chi connectivity index (χ4n) is 1.17. The molecule has 0 amide bonds. The van der Waals surface area contributed by atoms with Crippen molar-refractivity contribution in [2.45, 2.75) is 6.42 Å². The number of ether oxygens (including phenoxy) is 2. The minimum absolute atomic E-state index is 0.658. The first kappa shape index (κ1) is 6.58. The highest BCUT2D eigenvalue weighted by Crippen LogP contribution is 2.18. The summed E-state index contributed by atoms with van der Waals surface area (Å²) in [5.41, 5.74) is 0. The van der Waals surface area contributed by atoms with Crippen LogP contribution in [0.15, 0.2) is 23.8 Å². The molecule has 1 fully saturated rings. The summed E-state index contributed by atoms with van der Waals surface area (Å²) in [7, 11) is 0. The van der Waals surface area contributed by atoms with E-state index in [9.17, 15) is 0 Å². The molecule has 0 aromatic carbocycles. The fraction of sp³-hybridized carbons (Fsp3) is 0.500. The Labute approximate surface area is 65.7 Å². The maximum atomic E-state index is 5.39. The lowest BCUT2D eigenvalue weighted by molar-refractivity contribution is 0.0588. The van der Waals surface area contributed by atoms with Gasteiger partial charge in [0.05, 0.1) is 0 Å². The van der Waals surface area contributed by atoms with E-state index in [2.05, 4.69) is 11.4 Å². The second-order valence-electron chi connectivity index (χ2n) is 2.52. The molecule has 2 rings (SSSR count). The highest BCUT2D eigenvalue weighted by Gasteiger charge is 2.14. The van der Waals surface area contributed by atoms with Crippen LogP contribution in [0.1, 0.15) is 6.42 Å². The molecule has 2 heterocycles. The third-order valence-electron chi connectivity index (χ3n) is 1.69. The van der Waals surface area contributed by atoms with Crippen LogP contribution in [0.4, 0.5) is 0 Å². The van der Waals surface area contributed by atoms with Gasteiger partial charge in [-0.3, -0.25) is 0 Å². The van der Waals surface area contributed by atoms with E-state index in [-0.39, 0.29) is 0 Å². The van der Waals surface area contributed by atoms with E-state index >= 15 is 0 Å². The lowest BCUT2D eigenvalue weighted by atomic mass is 10.3. The van der Waals surface area contributed by atoms with Crippen LogP contribution in [0.3, 0.4) is 0 Å². The molecule has 0 aliphatic carbocycles. The van der Waals surface area contributed by atoms with Crippen LogP contribution in [0.25, 0.3) is 0 Å². The van der Waals surface area contributed by atoms with Gasteiger partial charge in [0.2, 0.25) is 0 Å². The quantitative estimate of drug-likeness (QED) is 0.557. The van der Waals surface area contributed by atoms with Crippen molar-refractivity contribution < 1.29 is 9.47 Å². The summed E-state index contributed by atoms with van der Waals surface area (Å²) in [5.74, 6) is 1.73. The molecule has 1 N–H and O–H groups in total. The third kappa shape index (κ3) is 1.31. The van der Waals surface area contributed by atoms with Gasteiger partial charge in [-0.25, -0.2) is 0 Å². The van der Waals surface area contributed by atoms with Gasteiger partial charge in [-0.1, -0.05) is 0 Å². The van der Waals surface area contributed by atoms with E-state index in [1.54, 1.807) is 0 Å². The second kappa shape index (κ2) is 2.86. The standard InChI is InChI=1S/C8H11NO2/c1-2-7-8(6-9-3-1)11-5-4-10-7/h2,6,9H,1,3-5H2. The SMILES string of the molecule is C1=C2OCCOC2=CNCC1. The van der Waals surface area contributed by atoms with Crippen molar-refractivity contribution in [3.8, 4) is 0 Å². The topological polar surface area (TPSA) is 30.5 Å². The van der Waals surface area contributed by atoms with Gasteiger partial charge in [0, 0.05) is 12.7 Å². The summed E-state index contributed by atoms with van der Waals surface area (Å²) in [4.78, 5) is 0. The molecule has 0 spiro atoms. The minimum atomic E-state index is 0.658. The normalized spacial score (nSPS) is 22.5. The van der Waals surface area contributed by atoms with Crippen molar-refractivity contribution in [3.63, 3.8) is 0 Å². The Morgan fingerprint density at radius 2 is 2.00 bits per heavy atom. The predicted octanol–water partition coefficient (Wildman–Crippen LogP) is 0.752. The van der Waals surface area contributed by atoms with Crippen molar-refractivity contribution in [2.75, 3.05) is 19.8 Å². The van der Waals surface area contributed by atoms with Gasteiger partial charge < -0.3 is 14.8 Å². The summed E-state index contributed by atoms with van der Waals surface area (Å²) in [5, 5.41) is 3.13. The summed E-state index contributed by atoms with van der Waals surface area (Å²) in [6.45, 7) is 2.29. The number of nitrogens with one attached hydrogen (secondary N) is 1. The molecule has 0 saturated carbocycles. The zero-order valence-electron chi connectivity index (χ0n) is 6.30. The smallest absolute Gasteiger partial charge is 0.176 e. The van der Waals surface area contributed by atoms with E-state index in [0.717, 1.165) is 24.5 Å². The largest absolute Gasteiger partial charge is 0.486 e. The molecule has 0 atom stereocenters. The maximum Gasteiger partial charge on any atom is 0.176 e. The third-order valence-corrected chi connectivity index (χ3v) is 1.69. The van der Waals surface area contributed by atoms with Gasteiger partial charge in [0.1, 0.15) is 13.2 Å². The highest BCUT2D eigenvalue weighted by molar-refractivity contribution is 5.22. The monoisotopic (exact) mass is 153 g/mol. The van der Waals surface area contributed by atoms with E-state index < -0.39 is 0 Å². The molecule has 0 radical (unpaired) electrons. The van der Waals surface area contributed by atoms with Crippen LogP contribution in [0.2, 0.25) is 0 Å². The van der Waals surface area contributed by atoms with Crippen molar-refractivity contribution in [1.82, 2.24) is 5.32 Å². The summed E-state index contributed by atoms with van der Waals surface area (Å²) < 4.78 is 10.8. The van der Waals surface area contributed by atoms with Crippen LogP contribution in [0, 0.1) is 0 Å². The van der Waals surface area contributed by atoms with Crippen molar-refractivity contribution >= 4 is 0 Å². The molecule has 1 saturated heterocycles. The van der Waals surface area contributed by atoms with Gasteiger partial charge in [-0.05, 0) is 12.5 Å². The zero-order valence-corrected chi connectivity index (χ0v) is 6.30. The van der Waals surface area contributed by atoms with Gasteiger partial charge in [0.25, 0.3) is 0 Å². The summed E-state index contributed by atoms with van der Waals surface area (Å²) in [6.07, 6.45) is 4.93. The Kier molecular flexibility index (Phi) is 1.71. The number of rotatable bonds is 0. The molecule has 11 heavy (non-hydrogen) atoms.